The minimum atomic E-state index is -0.440. The van der Waals surface area contributed by atoms with E-state index in [9.17, 15) is 24.9 Å². The average Bonchev–Trinajstić information content (AvgIpc) is 3.35. The lowest BCUT2D eigenvalue weighted by Gasteiger charge is -2.18. The lowest BCUT2D eigenvalue weighted by atomic mass is 9.95. The Morgan fingerprint density at radius 3 is 1.62 bits per heavy atom. The number of hydrogen-bond acceptors (Lipinski definition) is 11. The fourth-order valence-electron chi connectivity index (χ4n) is 6.89. The quantitative estimate of drug-likeness (QED) is 0.0278. The van der Waals surface area contributed by atoms with E-state index in [2.05, 4.69) is 30.6 Å². The van der Waals surface area contributed by atoms with Gasteiger partial charge in [0, 0.05) is 46.8 Å². The van der Waals surface area contributed by atoms with Crippen LogP contribution in [0.25, 0.3) is 21.5 Å². The number of allylic oxidation sites excluding steroid dienone is 2. The molecule has 0 aromatic heterocycles. The number of nitrogens with two attached hydrogens (primary N) is 1. The molecule has 0 bridgehead atoms. The molecule has 354 valence electrons. The van der Waals surface area contributed by atoms with Gasteiger partial charge in [0.1, 0.15) is 18.4 Å². The van der Waals surface area contributed by atoms with Gasteiger partial charge in [-0.15, -0.1) is 36.7 Å². The van der Waals surface area contributed by atoms with Crippen molar-refractivity contribution in [2.24, 2.45) is 5.73 Å². The number of aldehydes is 1. The molecule has 9 nitrogen and oxygen atoms in total. The molecule has 0 aliphatic heterocycles. The highest BCUT2D eigenvalue weighted by Gasteiger charge is 2.22. The first-order valence-electron chi connectivity index (χ1n) is 20.7. The van der Waals surface area contributed by atoms with Crippen LogP contribution in [0.1, 0.15) is 75.1 Å². The molecule has 0 saturated carbocycles. The largest absolute Gasteiger partial charge is 0.465 e. The van der Waals surface area contributed by atoms with Gasteiger partial charge in [-0.2, -0.15) is 10.5 Å². The van der Waals surface area contributed by atoms with Gasteiger partial charge in [0.05, 0.1) is 56.6 Å². The SMILES string of the molecule is C.C=CC[C@H](C=O)c1ccc(Cl)c(Cl)c1.C=CC[C@H](CNCCSc1c(C#N)cc2ccccc2c1C(=O)OC)c1ccc(Cl)c(Cl)c1.COC(=O)c1c(SCCN)c(C#N)cc2ccccc12. The third-order valence-corrected chi connectivity index (χ3v) is 13.9. The van der Waals surface area contributed by atoms with Gasteiger partial charge < -0.3 is 25.3 Å². The number of hydrogen-bond donors (Lipinski definition) is 2. The maximum absolute atomic E-state index is 12.6. The molecule has 6 aromatic carbocycles. The third-order valence-electron chi connectivity index (χ3n) is 10.1. The maximum Gasteiger partial charge on any atom is 0.339 e. The smallest absolute Gasteiger partial charge is 0.339 e. The van der Waals surface area contributed by atoms with E-state index in [1.807, 2.05) is 78.9 Å². The van der Waals surface area contributed by atoms with E-state index in [-0.39, 0.29) is 19.3 Å². The summed E-state index contributed by atoms with van der Waals surface area (Å²) in [6.07, 6.45) is 5.90. The minimum absolute atomic E-state index is 0. The number of nitrogens with one attached hydrogen (secondary N) is 1. The predicted molar refractivity (Wildman–Crippen MR) is 284 cm³/mol. The number of halogens is 4. The predicted octanol–water partition coefficient (Wildman–Crippen LogP) is 13.9. The Morgan fingerprint density at radius 1 is 0.706 bits per heavy atom. The molecule has 0 spiro atoms. The molecular weight excluding hydrogens is 979 g/mol. The number of esters is 2. The van der Waals surface area contributed by atoms with Gasteiger partial charge in [-0.3, -0.25) is 0 Å². The number of fused-ring (bicyclic) bond motifs is 2. The molecule has 6 aromatic rings. The van der Waals surface area contributed by atoms with Crippen molar-refractivity contribution in [1.82, 2.24) is 5.32 Å². The van der Waals surface area contributed by atoms with Crippen molar-refractivity contribution in [3.05, 3.63) is 176 Å². The van der Waals surface area contributed by atoms with E-state index >= 15 is 0 Å². The molecular formula is C53H52Cl4N4O5S2. The Bertz CT molecular complexity index is 2810. The normalized spacial score (nSPS) is 11.2. The number of carbonyl (C=O) groups excluding carboxylic acids is 3. The maximum atomic E-state index is 12.6. The van der Waals surface area contributed by atoms with Gasteiger partial charge in [0.15, 0.2) is 0 Å². The van der Waals surface area contributed by atoms with Crippen LogP contribution >= 0.6 is 69.9 Å². The van der Waals surface area contributed by atoms with Gasteiger partial charge in [-0.25, -0.2) is 9.59 Å². The highest BCUT2D eigenvalue weighted by Crippen LogP contribution is 2.36. The monoisotopic (exact) mass is 1030 g/mol. The number of rotatable bonds is 18. The molecule has 0 unspecified atom stereocenters. The van der Waals surface area contributed by atoms with Crippen LogP contribution in [0.4, 0.5) is 0 Å². The van der Waals surface area contributed by atoms with E-state index in [1.54, 1.807) is 30.3 Å². The van der Waals surface area contributed by atoms with E-state index in [4.69, 9.17) is 61.6 Å². The number of thioether (sulfide) groups is 2. The van der Waals surface area contributed by atoms with Crippen LogP contribution in [-0.2, 0) is 14.3 Å². The Labute approximate surface area is 427 Å². The Kier molecular flexibility index (Phi) is 24.8. The highest BCUT2D eigenvalue weighted by molar-refractivity contribution is 7.99. The number of nitriles is 2. The van der Waals surface area contributed by atoms with Crippen molar-refractivity contribution in [3.63, 3.8) is 0 Å². The highest BCUT2D eigenvalue weighted by atomic mass is 35.5. The number of nitrogens with zero attached hydrogens (tertiary/aromatic N) is 2. The second-order valence-corrected chi connectivity index (χ2v) is 18.3. The Balaban J connectivity index is 0.000000297. The van der Waals surface area contributed by atoms with E-state index in [0.29, 0.717) is 83.2 Å². The van der Waals surface area contributed by atoms with Gasteiger partial charge in [0.2, 0.25) is 0 Å². The summed E-state index contributed by atoms with van der Waals surface area (Å²) in [6, 6.07) is 33.9. The summed E-state index contributed by atoms with van der Waals surface area (Å²) in [4.78, 5) is 36.7. The van der Waals surface area contributed by atoms with E-state index < -0.39 is 11.9 Å². The second-order valence-electron chi connectivity index (χ2n) is 14.4. The zero-order chi connectivity index (χ0) is 48.9. The zero-order valence-corrected chi connectivity index (χ0v) is 41.5. The van der Waals surface area contributed by atoms with Crippen LogP contribution in [0.5, 0.6) is 0 Å². The van der Waals surface area contributed by atoms with Crippen LogP contribution in [0.2, 0.25) is 20.1 Å². The summed E-state index contributed by atoms with van der Waals surface area (Å²) in [5.74, 6) is 0.476. The number of benzene rings is 6. The molecule has 0 fully saturated rings. The molecule has 0 amide bonds. The molecule has 2 atom stereocenters. The van der Waals surface area contributed by atoms with Gasteiger partial charge in [-0.1, -0.05) is 127 Å². The zero-order valence-electron chi connectivity index (χ0n) is 36.8. The van der Waals surface area contributed by atoms with Gasteiger partial charge in [0.25, 0.3) is 0 Å². The fraction of sp³-hybridized carbons (Fsp3) is 0.226. The molecule has 0 saturated heterocycles. The molecule has 0 aliphatic carbocycles. The van der Waals surface area contributed by atoms with Crippen LogP contribution in [-0.4, -0.2) is 63.6 Å². The molecule has 68 heavy (non-hydrogen) atoms. The molecule has 3 N–H and O–H groups in total. The van der Waals surface area contributed by atoms with Crippen molar-refractivity contribution in [2.75, 3.05) is 45.4 Å². The van der Waals surface area contributed by atoms with Gasteiger partial charge in [-0.05, 0) is 87.8 Å². The lowest BCUT2D eigenvalue weighted by molar-refractivity contribution is -0.109. The van der Waals surface area contributed by atoms with E-state index in [1.165, 1.54) is 37.7 Å². The van der Waals surface area contributed by atoms with Crippen LogP contribution < -0.4 is 11.1 Å². The molecule has 6 rings (SSSR count). The van der Waals surface area contributed by atoms with Crippen LogP contribution in [0.15, 0.2) is 132 Å². The van der Waals surface area contributed by atoms with Crippen molar-refractivity contribution in [3.8, 4) is 12.1 Å². The van der Waals surface area contributed by atoms with Crippen molar-refractivity contribution < 1.29 is 23.9 Å². The first-order valence-corrected chi connectivity index (χ1v) is 24.2. The Morgan fingerprint density at radius 2 is 1.18 bits per heavy atom. The molecule has 15 heteroatoms. The van der Waals surface area contributed by atoms with Crippen molar-refractivity contribution in [2.45, 2.75) is 41.9 Å². The number of carbonyl (C=O) groups is 3. The first kappa shape index (κ1) is 57.0. The van der Waals surface area contributed by atoms with Crippen molar-refractivity contribution in [1.29, 1.82) is 10.5 Å². The Hall–Kier alpha value is -5.31. The summed E-state index contributed by atoms with van der Waals surface area (Å²) in [5, 5.41) is 27.8. The average molecular weight is 1030 g/mol. The topological polar surface area (TPSA) is 155 Å². The summed E-state index contributed by atoms with van der Waals surface area (Å²) >= 11 is 26.7. The van der Waals surface area contributed by atoms with Crippen LogP contribution in [0.3, 0.4) is 0 Å². The number of ether oxygens (including phenoxy) is 2. The molecule has 0 aliphatic rings. The summed E-state index contributed by atoms with van der Waals surface area (Å²) in [5.41, 5.74) is 9.32. The van der Waals surface area contributed by atoms with E-state index in [0.717, 1.165) is 51.9 Å². The van der Waals surface area contributed by atoms with Crippen LogP contribution in [0, 0.1) is 22.7 Å². The standard InChI is InChI=1S/C26H24Cl2N2O2S.C15H14N2O2S.C11H10Cl2O.CH4/c1-3-6-19(17-9-10-22(27)23(28)14-17)16-30-11-12-33-25-20(15-29)13-18-7-4-5-8-21(18)24(25)26(31)32-2;1-19-15(18)13-12-5-3-2-4-10(12)8-11(9-17)14(13)20-7-6-16;1-2-3-9(7-14)8-4-5-10(12)11(13)6-8;/h3-5,7-10,13-14,19,30H,1,6,11-12,16H2,2H3;2-5,8H,6-7,16H2,1H3;2,4-7,9H,1,3H2;1H4/t19-;;9-;/m1.1./s1. The van der Waals surface area contributed by atoms with Crippen molar-refractivity contribution >= 4 is 110 Å². The molecule has 0 radical (unpaired) electrons. The first-order chi connectivity index (χ1) is 32.4. The number of methoxy groups -OCH3 is 2. The summed E-state index contributed by atoms with van der Waals surface area (Å²) in [6.45, 7) is 9.36. The summed E-state index contributed by atoms with van der Waals surface area (Å²) < 4.78 is 9.90. The lowest BCUT2D eigenvalue weighted by Crippen LogP contribution is -2.24. The summed E-state index contributed by atoms with van der Waals surface area (Å²) in [7, 11) is 2.70. The minimum Gasteiger partial charge on any atom is -0.465 e. The molecule has 0 heterocycles. The third kappa shape index (κ3) is 15.3. The van der Waals surface area contributed by atoms with Gasteiger partial charge >= 0.3 is 11.9 Å². The fourth-order valence-corrected chi connectivity index (χ4v) is 9.47. The second kappa shape index (κ2) is 29.5.